The molecular weight excluding hydrogens is 218 g/mol. The van der Waals surface area contributed by atoms with Crippen LogP contribution in [-0.4, -0.2) is 18.2 Å². The first kappa shape index (κ1) is 11.9. The number of carboxylic acids is 1. The van der Waals surface area contributed by atoms with Crippen molar-refractivity contribution >= 4 is 5.97 Å². The lowest BCUT2D eigenvalue weighted by molar-refractivity contribution is -0.143. The van der Waals surface area contributed by atoms with Gasteiger partial charge < -0.3 is 15.6 Å². The summed E-state index contributed by atoms with van der Waals surface area (Å²) < 4.78 is 5.19. The van der Waals surface area contributed by atoms with Crippen LogP contribution in [0.4, 0.5) is 0 Å². The zero-order valence-corrected chi connectivity index (χ0v) is 9.90. The van der Waals surface area contributed by atoms with Crippen molar-refractivity contribution < 1.29 is 14.6 Å². The molecule has 1 fully saturated rings. The van der Waals surface area contributed by atoms with Crippen LogP contribution in [-0.2, 0) is 17.8 Å². The number of benzene rings is 1. The summed E-state index contributed by atoms with van der Waals surface area (Å²) in [7, 11) is 1.60. The highest BCUT2D eigenvalue weighted by Gasteiger charge is 2.49. The number of rotatable bonds is 5. The van der Waals surface area contributed by atoms with Crippen LogP contribution in [0.3, 0.4) is 0 Å². The zero-order chi connectivity index (χ0) is 12.5. The standard InChI is InChI=1S/C13H17NO3/c1-17-11-3-2-9(6-10(11)8-14)7-13(4-5-13)12(15)16/h2-3,6H,4-5,7-8,14H2,1H3,(H,15,16). The van der Waals surface area contributed by atoms with Gasteiger partial charge in [-0.2, -0.15) is 0 Å². The summed E-state index contributed by atoms with van der Waals surface area (Å²) >= 11 is 0. The summed E-state index contributed by atoms with van der Waals surface area (Å²) in [5.41, 5.74) is 7.05. The Labute approximate surface area is 100 Å². The molecule has 0 aromatic heterocycles. The van der Waals surface area contributed by atoms with E-state index in [1.165, 1.54) is 0 Å². The summed E-state index contributed by atoms with van der Waals surface area (Å²) in [6, 6.07) is 5.72. The van der Waals surface area contributed by atoms with Gasteiger partial charge in [-0.15, -0.1) is 0 Å². The van der Waals surface area contributed by atoms with Gasteiger partial charge in [0.1, 0.15) is 5.75 Å². The summed E-state index contributed by atoms with van der Waals surface area (Å²) in [5, 5.41) is 9.14. The van der Waals surface area contributed by atoms with Crippen molar-refractivity contribution in [3.63, 3.8) is 0 Å². The third-order valence-corrected chi connectivity index (χ3v) is 3.41. The average Bonchev–Trinajstić information content (AvgIpc) is 3.10. The first-order valence-corrected chi connectivity index (χ1v) is 5.70. The lowest BCUT2D eigenvalue weighted by Crippen LogP contribution is -2.17. The molecule has 1 saturated carbocycles. The number of ether oxygens (including phenoxy) is 1. The van der Waals surface area contributed by atoms with Gasteiger partial charge in [0.2, 0.25) is 0 Å². The maximum absolute atomic E-state index is 11.1. The molecule has 0 unspecified atom stereocenters. The minimum absolute atomic E-state index is 0.400. The van der Waals surface area contributed by atoms with E-state index < -0.39 is 11.4 Å². The number of hydrogen-bond donors (Lipinski definition) is 2. The monoisotopic (exact) mass is 235 g/mol. The smallest absolute Gasteiger partial charge is 0.309 e. The molecule has 92 valence electrons. The van der Waals surface area contributed by atoms with E-state index in [0.29, 0.717) is 13.0 Å². The molecule has 1 aromatic rings. The highest BCUT2D eigenvalue weighted by atomic mass is 16.5. The number of nitrogens with two attached hydrogens (primary N) is 1. The molecule has 0 bridgehead atoms. The Balaban J connectivity index is 2.20. The summed E-state index contributed by atoms with van der Waals surface area (Å²) in [6.07, 6.45) is 2.12. The van der Waals surface area contributed by atoms with Crippen molar-refractivity contribution in [1.29, 1.82) is 0 Å². The van der Waals surface area contributed by atoms with Crippen LogP contribution >= 0.6 is 0 Å². The van der Waals surface area contributed by atoms with E-state index in [-0.39, 0.29) is 0 Å². The summed E-state index contributed by atoms with van der Waals surface area (Å²) in [4.78, 5) is 11.1. The van der Waals surface area contributed by atoms with Gasteiger partial charge in [0.15, 0.2) is 0 Å². The molecule has 1 aromatic carbocycles. The molecule has 0 spiro atoms. The van der Waals surface area contributed by atoms with Crippen LogP contribution in [0.25, 0.3) is 0 Å². The number of methoxy groups -OCH3 is 1. The predicted molar refractivity (Wildman–Crippen MR) is 63.9 cm³/mol. The zero-order valence-electron chi connectivity index (χ0n) is 9.90. The Morgan fingerprint density at radius 1 is 1.53 bits per heavy atom. The van der Waals surface area contributed by atoms with Crippen LogP contribution in [0.5, 0.6) is 5.75 Å². The second-order valence-corrected chi connectivity index (χ2v) is 4.61. The largest absolute Gasteiger partial charge is 0.496 e. The lowest BCUT2D eigenvalue weighted by Gasteiger charge is -2.12. The Bertz CT molecular complexity index is 438. The van der Waals surface area contributed by atoms with E-state index >= 15 is 0 Å². The molecule has 1 aliphatic rings. The van der Waals surface area contributed by atoms with Crippen LogP contribution in [0.2, 0.25) is 0 Å². The Morgan fingerprint density at radius 3 is 2.71 bits per heavy atom. The van der Waals surface area contributed by atoms with Crippen LogP contribution in [0.1, 0.15) is 24.0 Å². The second-order valence-electron chi connectivity index (χ2n) is 4.61. The molecule has 17 heavy (non-hydrogen) atoms. The van der Waals surface area contributed by atoms with Crippen molar-refractivity contribution in [2.75, 3.05) is 7.11 Å². The molecule has 1 aliphatic carbocycles. The molecule has 0 radical (unpaired) electrons. The van der Waals surface area contributed by atoms with Crippen molar-refractivity contribution in [2.24, 2.45) is 11.1 Å². The van der Waals surface area contributed by atoms with Gasteiger partial charge in [-0.1, -0.05) is 12.1 Å². The Kier molecular flexibility index (Phi) is 3.07. The molecule has 0 saturated heterocycles. The Morgan fingerprint density at radius 2 is 2.24 bits per heavy atom. The van der Waals surface area contributed by atoms with Gasteiger partial charge >= 0.3 is 5.97 Å². The summed E-state index contributed by atoms with van der Waals surface area (Å²) in [6.45, 7) is 0.400. The van der Waals surface area contributed by atoms with E-state index in [9.17, 15) is 4.79 Å². The first-order valence-electron chi connectivity index (χ1n) is 5.70. The first-order chi connectivity index (χ1) is 8.11. The van der Waals surface area contributed by atoms with Gasteiger partial charge in [-0.05, 0) is 30.9 Å². The fraction of sp³-hybridized carbons (Fsp3) is 0.462. The molecule has 0 atom stereocenters. The molecule has 0 amide bonds. The maximum Gasteiger partial charge on any atom is 0.309 e. The lowest BCUT2D eigenvalue weighted by atomic mass is 9.95. The third kappa shape index (κ3) is 2.26. The quantitative estimate of drug-likeness (QED) is 0.812. The van der Waals surface area contributed by atoms with E-state index in [2.05, 4.69) is 0 Å². The maximum atomic E-state index is 11.1. The van der Waals surface area contributed by atoms with Crippen molar-refractivity contribution in [3.8, 4) is 5.75 Å². The fourth-order valence-corrected chi connectivity index (χ4v) is 2.11. The number of carboxylic acid groups (broad SMARTS) is 1. The SMILES string of the molecule is COc1ccc(CC2(C(=O)O)CC2)cc1CN. The minimum atomic E-state index is -0.692. The predicted octanol–water partition coefficient (Wildman–Crippen LogP) is 1.56. The van der Waals surface area contributed by atoms with E-state index in [1.807, 2.05) is 18.2 Å². The van der Waals surface area contributed by atoms with E-state index in [1.54, 1.807) is 7.11 Å². The number of hydrogen-bond acceptors (Lipinski definition) is 3. The molecule has 0 heterocycles. The molecular formula is C13H17NO3. The van der Waals surface area contributed by atoms with E-state index in [4.69, 9.17) is 15.6 Å². The molecule has 4 nitrogen and oxygen atoms in total. The van der Waals surface area contributed by atoms with Gasteiger partial charge in [0.25, 0.3) is 0 Å². The fourth-order valence-electron chi connectivity index (χ4n) is 2.11. The minimum Gasteiger partial charge on any atom is -0.496 e. The molecule has 0 aliphatic heterocycles. The van der Waals surface area contributed by atoms with Gasteiger partial charge in [-0.25, -0.2) is 0 Å². The normalized spacial score (nSPS) is 16.6. The average molecular weight is 235 g/mol. The van der Waals surface area contributed by atoms with E-state index in [0.717, 1.165) is 29.7 Å². The molecule has 4 heteroatoms. The van der Waals surface area contributed by atoms with Crippen LogP contribution in [0, 0.1) is 5.41 Å². The number of aliphatic carboxylic acids is 1. The van der Waals surface area contributed by atoms with Crippen molar-refractivity contribution in [2.45, 2.75) is 25.8 Å². The highest BCUT2D eigenvalue weighted by molar-refractivity contribution is 5.78. The van der Waals surface area contributed by atoms with Gasteiger partial charge in [0.05, 0.1) is 12.5 Å². The van der Waals surface area contributed by atoms with Gasteiger partial charge in [-0.3, -0.25) is 4.79 Å². The topological polar surface area (TPSA) is 72.5 Å². The molecule has 3 N–H and O–H groups in total. The van der Waals surface area contributed by atoms with Crippen molar-refractivity contribution in [1.82, 2.24) is 0 Å². The second kappa shape index (κ2) is 4.37. The summed E-state index contributed by atoms with van der Waals surface area (Å²) in [5.74, 6) is 0.0686. The molecule has 2 rings (SSSR count). The van der Waals surface area contributed by atoms with Crippen molar-refractivity contribution in [3.05, 3.63) is 29.3 Å². The van der Waals surface area contributed by atoms with Crippen LogP contribution < -0.4 is 10.5 Å². The Hall–Kier alpha value is -1.55. The highest BCUT2D eigenvalue weighted by Crippen LogP contribution is 2.48. The van der Waals surface area contributed by atoms with Gasteiger partial charge in [0, 0.05) is 12.1 Å². The third-order valence-electron chi connectivity index (χ3n) is 3.41. The van der Waals surface area contributed by atoms with Crippen LogP contribution in [0.15, 0.2) is 18.2 Å². The number of carbonyl (C=O) groups is 1.